The second kappa shape index (κ2) is 8.82. The van der Waals surface area contributed by atoms with Crippen molar-refractivity contribution in [3.8, 4) is 5.75 Å². The summed E-state index contributed by atoms with van der Waals surface area (Å²) in [6.45, 7) is 6.41. The van der Waals surface area contributed by atoms with Gasteiger partial charge in [-0.3, -0.25) is 4.79 Å². The number of aromatic nitrogens is 1. The van der Waals surface area contributed by atoms with E-state index in [-0.39, 0.29) is 11.8 Å². The Morgan fingerprint density at radius 1 is 1.24 bits per heavy atom. The van der Waals surface area contributed by atoms with E-state index in [0.717, 1.165) is 52.6 Å². The second-order valence-electron chi connectivity index (χ2n) is 7.38. The van der Waals surface area contributed by atoms with Gasteiger partial charge in [0.25, 0.3) is 0 Å². The molecule has 1 aromatic heterocycles. The molecular weight excluding hydrogens is 382 g/mol. The molecule has 0 unspecified atom stereocenters. The summed E-state index contributed by atoms with van der Waals surface area (Å²) >= 11 is 1.67. The zero-order valence-corrected chi connectivity index (χ0v) is 17.8. The van der Waals surface area contributed by atoms with Crippen LogP contribution < -0.4 is 15.0 Å². The fourth-order valence-electron chi connectivity index (χ4n) is 3.72. The van der Waals surface area contributed by atoms with Crippen molar-refractivity contribution >= 4 is 38.3 Å². The van der Waals surface area contributed by atoms with E-state index < -0.39 is 0 Å². The van der Waals surface area contributed by atoms with Gasteiger partial charge in [-0.05, 0) is 62.1 Å². The number of benzene rings is 2. The lowest BCUT2D eigenvalue weighted by molar-refractivity contribution is -0.120. The number of amides is 1. The van der Waals surface area contributed by atoms with Gasteiger partial charge in [0.05, 0.1) is 22.7 Å². The number of aryl methyl sites for hydroxylation is 1. The molecule has 29 heavy (non-hydrogen) atoms. The Bertz CT molecular complexity index is 983. The number of piperidine rings is 1. The van der Waals surface area contributed by atoms with Crippen LogP contribution in [0, 0.1) is 5.92 Å². The number of fused-ring (bicyclic) bond motifs is 1. The molecule has 1 atom stereocenters. The molecule has 5 nitrogen and oxygen atoms in total. The maximum atomic E-state index is 12.8. The number of rotatable bonds is 6. The van der Waals surface area contributed by atoms with Gasteiger partial charge in [-0.2, -0.15) is 0 Å². The Hall–Kier alpha value is -2.60. The maximum Gasteiger partial charge on any atom is 0.229 e. The van der Waals surface area contributed by atoms with Gasteiger partial charge in [0.15, 0.2) is 5.13 Å². The molecule has 0 saturated carbocycles. The predicted octanol–water partition coefficient (Wildman–Crippen LogP) is 5.11. The van der Waals surface area contributed by atoms with Crippen LogP contribution in [0.2, 0.25) is 0 Å². The van der Waals surface area contributed by atoms with E-state index >= 15 is 0 Å². The second-order valence-corrected chi connectivity index (χ2v) is 8.39. The molecule has 2 aromatic carbocycles. The van der Waals surface area contributed by atoms with Crippen LogP contribution in [0.15, 0.2) is 42.5 Å². The quantitative estimate of drug-likeness (QED) is 0.614. The number of carbonyl (C=O) groups excluding carboxylic acids is 1. The number of carbonyl (C=O) groups is 1. The van der Waals surface area contributed by atoms with E-state index in [2.05, 4.69) is 29.3 Å². The standard InChI is InChI=1S/C23H27N3O2S/c1-3-16-7-9-18(10-8-16)24-22(27)17-6-5-13-26(15-17)23-25-20-12-11-19(28-4-2)14-21(20)29-23/h7-12,14,17H,3-6,13,15H2,1-2H3,(H,24,27)/t17-/m0/s1. The van der Waals surface area contributed by atoms with Crippen LogP contribution in [0.25, 0.3) is 10.2 Å². The monoisotopic (exact) mass is 409 g/mol. The summed E-state index contributed by atoms with van der Waals surface area (Å²) in [5.74, 6) is 0.944. The van der Waals surface area contributed by atoms with Crippen molar-refractivity contribution in [2.45, 2.75) is 33.1 Å². The molecule has 4 rings (SSSR count). The molecule has 152 valence electrons. The molecule has 1 N–H and O–H groups in total. The van der Waals surface area contributed by atoms with Crippen molar-refractivity contribution in [1.29, 1.82) is 0 Å². The summed E-state index contributed by atoms with van der Waals surface area (Å²) in [7, 11) is 0. The van der Waals surface area contributed by atoms with E-state index in [0.29, 0.717) is 13.2 Å². The Morgan fingerprint density at radius 2 is 2.07 bits per heavy atom. The largest absolute Gasteiger partial charge is 0.494 e. The molecule has 0 radical (unpaired) electrons. The number of ether oxygens (including phenoxy) is 1. The highest BCUT2D eigenvalue weighted by Crippen LogP contribution is 2.33. The minimum absolute atomic E-state index is 0.0272. The summed E-state index contributed by atoms with van der Waals surface area (Å²) < 4.78 is 6.72. The molecule has 0 aliphatic carbocycles. The summed E-state index contributed by atoms with van der Waals surface area (Å²) in [6.07, 6.45) is 2.90. The topological polar surface area (TPSA) is 54.5 Å². The SMILES string of the molecule is CCOc1ccc2nc(N3CCC[C@H](C(=O)Nc4ccc(CC)cc4)C3)sc2c1. The smallest absolute Gasteiger partial charge is 0.229 e. The van der Waals surface area contributed by atoms with Crippen molar-refractivity contribution in [1.82, 2.24) is 4.98 Å². The molecule has 0 bridgehead atoms. The first-order valence-corrected chi connectivity index (χ1v) is 11.2. The molecule has 1 aliphatic rings. The average Bonchev–Trinajstić information content (AvgIpc) is 3.18. The first-order valence-electron chi connectivity index (χ1n) is 10.3. The van der Waals surface area contributed by atoms with Crippen molar-refractivity contribution in [3.63, 3.8) is 0 Å². The van der Waals surface area contributed by atoms with Crippen molar-refractivity contribution in [2.24, 2.45) is 5.92 Å². The summed E-state index contributed by atoms with van der Waals surface area (Å²) in [4.78, 5) is 19.9. The average molecular weight is 410 g/mol. The van der Waals surface area contributed by atoms with Gasteiger partial charge in [0.1, 0.15) is 5.75 Å². The number of thiazole rings is 1. The highest BCUT2D eigenvalue weighted by molar-refractivity contribution is 7.22. The zero-order chi connectivity index (χ0) is 20.2. The highest BCUT2D eigenvalue weighted by Gasteiger charge is 2.27. The van der Waals surface area contributed by atoms with Gasteiger partial charge in [0.2, 0.25) is 5.91 Å². The van der Waals surface area contributed by atoms with Crippen LogP contribution >= 0.6 is 11.3 Å². The van der Waals surface area contributed by atoms with Crippen LogP contribution in [0.3, 0.4) is 0 Å². The number of nitrogens with one attached hydrogen (secondary N) is 1. The van der Waals surface area contributed by atoms with Gasteiger partial charge in [-0.1, -0.05) is 30.4 Å². The molecule has 0 spiro atoms. The lowest BCUT2D eigenvalue weighted by Crippen LogP contribution is -2.40. The number of nitrogens with zero attached hydrogens (tertiary/aromatic N) is 2. The molecular formula is C23H27N3O2S. The first kappa shape index (κ1) is 19.7. The zero-order valence-electron chi connectivity index (χ0n) is 17.0. The van der Waals surface area contributed by atoms with Gasteiger partial charge >= 0.3 is 0 Å². The van der Waals surface area contributed by atoms with E-state index in [1.165, 1.54) is 5.56 Å². The summed E-state index contributed by atoms with van der Waals surface area (Å²) in [5.41, 5.74) is 3.12. The van der Waals surface area contributed by atoms with Crippen molar-refractivity contribution in [3.05, 3.63) is 48.0 Å². The van der Waals surface area contributed by atoms with Crippen LogP contribution in [-0.2, 0) is 11.2 Å². The van der Waals surface area contributed by atoms with E-state index in [9.17, 15) is 4.79 Å². The van der Waals surface area contributed by atoms with Gasteiger partial charge in [-0.25, -0.2) is 4.98 Å². The third-order valence-electron chi connectivity index (χ3n) is 5.35. The Labute approximate surface area is 175 Å². The van der Waals surface area contributed by atoms with Crippen LogP contribution in [0.1, 0.15) is 32.3 Å². The third-order valence-corrected chi connectivity index (χ3v) is 6.43. The third kappa shape index (κ3) is 4.53. The molecule has 2 heterocycles. The normalized spacial score (nSPS) is 16.8. The fourth-order valence-corrected chi connectivity index (χ4v) is 4.75. The Balaban J connectivity index is 1.44. The van der Waals surface area contributed by atoms with Crippen LogP contribution in [0.4, 0.5) is 10.8 Å². The van der Waals surface area contributed by atoms with Crippen molar-refractivity contribution in [2.75, 3.05) is 29.9 Å². The van der Waals surface area contributed by atoms with Gasteiger partial charge < -0.3 is 15.0 Å². The Kier molecular flexibility index (Phi) is 6.00. The van der Waals surface area contributed by atoms with E-state index in [1.54, 1.807) is 11.3 Å². The molecule has 3 aromatic rings. The van der Waals surface area contributed by atoms with E-state index in [4.69, 9.17) is 9.72 Å². The minimum Gasteiger partial charge on any atom is -0.494 e. The maximum absolute atomic E-state index is 12.8. The lowest BCUT2D eigenvalue weighted by Gasteiger charge is -2.31. The molecule has 1 saturated heterocycles. The highest BCUT2D eigenvalue weighted by atomic mass is 32.1. The lowest BCUT2D eigenvalue weighted by atomic mass is 9.97. The van der Waals surface area contributed by atoms with Gasteiger partial charge in [-0.15, -0.1) is 0 Å². The molecule has 6 heteroatoms. The van der Waals surface area contributed by atoms with Crippen LogP contribution in [0.5, 0.6) is 5.75 Å². The van der Waals surface area contributed by atoms with E-state index in [1.807, 2.05) is 37.3 Å². The first-order chi connectivity index (χ1) is 14.2. The number of hydrogen-bond acceptors (Lipinski definition) is 5. The number of hydrogen-bond donors (Lipinski definition) is 1. The van der Waals surface area contributed by atoms with Gasteiger partial charge in [0, 0.05) is 18.8 Å². The number of anilines is 2. The summed E-state index contributed by atoms with van der Waals surface area (Å²) in [5, 5.41) is 4.07. The van der Waals surface area contributed by atoms with Crippen molar-refractivity contribution < 1.29 is 9.53 Å². The summed E-state index contributed by atoms with van der Waals surface area (Å²) in [6, 6.07) is 14.1. The Morgan fingerprint density at radius 3 is 2.83 bits per heavy atom. The molecule has 1 aliphatic heterocycles. The molecule has 1 amide bonds. The van der Waals surface area contributed by atoms with Crippen LogP contribution in [-0.4, -0.2) is 30.6 Å². The predicted molar refractivity (Wildman–Crippen MR) is 120 cm³/mol. The fraction of sp³-hybridized carbons (Fsp3) is 0.391. The molecule has 1 fully saturated rings. The minimum atomic E-state index is -0.0272.